The van der Waals surface area contributed by atoms with E-state index in [9.17, 15) is 8.42 Å². The molecule has 0 aliphatic rings. The second kappa shape index (κ2) is 8.95. The van der Waals surface area contributed by atoms with Gasteiger partial charge in [0.2, 0.25) is 0 Å². The van der Waals surface area contributed by atoms with Crippen molar-refractivity contribution >= 4 is 38.1 Å². The van der Waals surface area contributed by atoms with Crippen LogP contribution in [-0.4, -0.2) is 39.7 Å². The zero-order valence-corrected chi connectivity index (χ0v) is 19.6. The molecule has 1 N–H and O–H groups in total. The first-order valence-corrected chi connectivity index (χ1v) is 11.6. The molecule has 0 aliphatic heterocycles. The van der Waals surface area contributed by atoms with Crippen molar-refractivity contribution in [1.82, 2.24) is 9.97 Å². The van der Waals surface area contributed by atoms with Crippen molar-refractivity contribution in [2.45, 2.75) is 11.8 Å². The molecule has 4 rings (SSSR count). The highest BCUT2D eigenvalue weighted by molar-refractivity contribution is 7.92. The van der Waals surface area contributed by atoms with Crippen LogP contribution < -0.4 is 19.1 Å². The number of sulfonamides is 1. The van der Waals surface area contributed by atoms with Gasteiger partial charge in [-0.05, 0) is 73.7 Å². The Kier molecular flexibility index (Phi) is 6.06. The summed E-state index contributed by atoms with van der Waals surface area (Å²) in [6, 6.07) is 19.0. The van der Waals surface area contributed by atoms with Crippen LogP contribution in [0.25, 0.3) is 10.9 Å². The molecule has 0 spiro atoms. The maximum absolute atomic E-state index is 12.9. The lowest BCUT2D eigenvalue weighted by atomic mass is 10.2. The maximum Gasteiger partial charge on any atom is 0.261 e. The number of hydrogen-bond acceptors (Lipinski definition) is 7. The maximum atomic E-state index is 12.9. The molecule has 8 nitrogen and oxygen atoms in total. The molecular formula is C24H24N4O4S. The molecule has 33 heavy (non-hydrogen) atoms. The summed E-state index contributed by atoms with van der Waals surface area (Å²) in [5, 5.41) is 0.717. The SMILES string of the molecule is COc1ccc(N(C)c2nc(C)nc3ccc(NS(=O)(=O)c4ccc(OC)cc4)cc23)cc1. The molecule has 0 amide bonds. The summed E-state index contributed by atoms with van der Waals surface area (Å²) >= 11 is 0. The molecule has 0 saturated carbocycles. The Balaban J connectivity index is 1.72. The molecule has 0 saturated heterocycles. The van der Waals surface area contributed by atoms with Crippen molar-refractivity contribution in [2.24, 2.45) is 0 Å². The van der Waals surface area contributed by atoms with Gasteiger partial charge >= 0.3 is 0 Å². The fourth-order valence-corrected chi connectivity index (χ4v) is 4.49. The first-order valence-electron chi connectivity index (χ1n) is 10.1. The molecule has 9 heteroatoms. The van der Waals surface area contributed by atoms with E-state index in [4.69, 9.17) is 9.47 Å². The first-order chi connectivity index (χ1) is 15.8. The molecule has 0 unspecified atom stereocenters. The second-order valence-electron chi connectivity index (χ2n) is 7.36. The fourth-order valence-electron chi connectivity index (χ4n) is 3.44. The predicted octanol–water partition coefficient (Wildman–Crippen LogP) is 4.52. The summed E-state index contributed by atoms with van der Waals surface area (Å²) < 4.78 is 38.8. The fraction of sp³-hybridized carbons (Fsp3) is 0.167. The minimum atomic E-state index is -3.78. The molecule has 1 aromatic heterocycles. The van der Waals surface area contributed by atoms with E-state index in [1.165, 1.54) is 19.2 Å². The highest BCUT2D eigenvalue weighted by atomic mass is 32.2. The van der Waals surface area contributed by atoms with E-state index in [1.54, 1.807) is 37.4 Å². The van der Waals surface area contributed by atoms with Gasteiger partial charge in [0.1, 0.15) is 23.1 Å². The summed E-state index contributed by atoms with van der Waals surface area (Å²) in [5.74, 6) is 2.61. The lowest BCUT2D eigenvalue weighted by molar-refractivity contribution is 0.414. The Morgan fingerprint density at radius 2 is 1.45 bits per heavy atom. The van der Waals surface area contributed by atoms with E-state index >= 15 is 0 Å². The largest absolute Gasteiger partial charge is 0.497 e. The topological polar surface area (TPSA) is 93.6 Å². The Hall–Kier alpha value is -3.85. The van der Waals surface area contributed by atoms with Gasteiger partial charge in [0.15, 0.2) is 0 Å². The number of rotatable bonds is 7. The van der Waals surface area contributed by atoms with Crippen molar-refractivity contribution in [3.63, 3.8) is 0 Å². The van der Waals surface area contributed by atoms with Gasteiger partial charge in [-0.1, -0.05) is 0 Å². The van der Waals surface area contributed by atoms with Gasteiger partial charge in [0.25, 0.3) is 10.0 Å². The average molecular weight is 465 g/mol. The highest BCUT2D eigenvalue weighted by Gasteiger charge is 2.17. The third-order valence-corrected chi connectivity index (χ3v) is 6.58. The number of benzene rings is 3. The van der Waals surface area contributed by atoms with Gasteiger partial charge in [-0.15, -0.1) is 0 Å². The van der Waals surface area contributed by atoms with E-state index in [0.29, 0.717) is 34.0 Å². The minimum Gasteiger partial charge on any atom is -0.497 e. The van der Waals surface area contributed by atoms with Crippen LogP contribution >= 0.6 is 0 Å². The van der Waals surface area contributed by atoms with Gasteiger partial charge in [-0.25, -0.2) is 18.4 Å². The monoisotopic (exact) mass is 464 g/mol. The number of hydrogen-bond donors (Lipinski definition) is 1. The van der Waals surface area contributed by atoms with Crippen molar-refractivity contribution in [3.8, 4) is 11.5 Å². The van der Waals surface area contributed by atoms with Crippen LogP contribution in [0.5, 0.6) is 11.5 Å². The van der Waals surface area contributed by atoms with Gasteiger partial charge < -0.3 is 14.4 Å². The van der Waals surface area contributed by atoms with Crippen LogP contribution in [0.4, 0.5) is 17.2 Å². The van der Waals surface area contributed by atoms with Gasteiger partial charge in [-0.3, -0.25) is 4.72 Å². The van der Waals surface area contributed by atoms with Gasteiger partial charge in [0.05, 0.1) is 24.6 Å². The first kappa shape index (κ1) is 22.3. The number of nitrogens with one attached hydrogen (secondary N) is 1. The smallest absolute Gasteiger partial charge is 0.261 e. The zero-order valence-electron chi connectivity index (χ0n) is 18.7. The summed E-state index contributed by atoms with van der Waals surface area (Å²) in [6.45, 7) is 1.82. The number of methoxy groups -OCH3 is 2. The Bertz CT molecular complexity index is 1390. The lowest BCUT2D eigenvalue weighted by Crippen LogP contribution is -2.14. The number of ether oxygens (including phenoxy) is 2. The third kappa shape index (κ3) is 4.68. The van der Waals surface area contributed by atoms with E-state index in [2.05, 4.69) is 14.7 Å². The molecule has 0 aliphatic carbocycles. The van der Waals surface area contributed by atoms with Crippen LogP contribution in [0.2, 0.25) is 0 Å². The quantitative estimate of drug-likeness (QED) is 0.430. The number of aryl methyl sites for hydroxylation is 1. The van der Waals surface area contributed by atoms with Crippen LogP contribution in [0.3, 0.4) is 0 Å². The summed E-state index contributed by atoms with van der Waals surface area (Å²) in [5.41, 5.74) is 2.03. The Morgan fingerprint density at radius 3 is 2.06 bits per heavy atom. The normalized spacial score (nSPS) is 11.3. The predicted molar refractivity (Wildman–Crippen MR) is 129 cm³/mol. The zero-order chi connectivity index (χ0) is 23.6. The molecular weight excluding hydrogens is 440 g/mol. The highest BCUT2D eigenvalue weighted by Crippen LogP contribution is 2.32. The number of anilines is 3. The molecule has 4 aromatic rings. The summed E-state index contributed by atoms with van der Waals surface area (Å²) in [4.78, 5) is 11.2. The summed E-state index contributed by atoms with van der Waals surface area (Å²) in [7, 11) is 1.27. The van der Waals surface area contributed by atoms with Crippen molar-refractivity contribution in [1.29, 1.82) is 0 Å². The lowest BCUT2D eigenvalue weighted by Gasteiger charge is -2.21. The molecule has 3 aromatic carbocycles. The Morgan fingerprint density at radius 1 is 0.848 bits per heavy atom. The van der Waals surface area contributed by atoms with Crippen molar-refractivity contribution < 1.29 is 17.9 Å². The average Bonchev–Trinajstić information content (AvgIpc) is 2.83. The van der Waals surface area contributed by atoms with E-state index in [1.807, 2.05) is 43.1 Å². The van der Waals surface area contributed by atoms with Crippen molar-refractivity contribution in [3.05, 3.63) is 72.6 Å². The number of aromatic nitrogens is 2. The van der Waals surface area contributed by atoms with Crippen LogP contribution in [-0.2, 0) is 10.0 Å². The van der Waals surface area contributed by atoms with E-state index in [-0.39, 0.29) is 4.90 Å². The molecule has 0 fully saturated rings. The molecule has 1 heterocycles. The van der Waals surface area contributed by atoms with E-state index in [0.717, 1.165) is 11.4 Å². The Labute approximate surface area is 192 Å². The number of fused-ring (bicyclic) bond motifs is 1. The van der Waals surface area contributed by atoms with Gasteiger partial charge in [0, 0.05) is 23.8 Å². The van der Waals surface area contributed by atoms with Crippen LogP contribution in [0.1, 0.15) is 5.82 Å². The minimum absolute atomic E-state index is 0.138. The van der Waals surface area contributed by atoms with Crippen LogP contribution in [0.15, 0.2) is 71.6 Å². The second-order valence-corrected chi connectivity index (χ2v) is 9.05. The molecule has 170 valence electrons. The molecule has 0 atom stereocenters. The van der Waals surface area contributed by atoms with Crippen molar-refractivity contribution in [2.75, 3.05) is 30.9 Å². The third-order valence-electron chi connectivity index (χ3n) is 5.19. The molecule has 0 radical (unpaired) electrons. The van der Waals surface area contributed by atoms with Crippen LogP contribution in [0, 0.1) is 6.92 Å². The molecule has 0 bridgehead atoms. The standard InChI is InChI=1S/C24H24N4O4S/c1-16-25-23-14-5-17(27-33(29,30)21-12-10-20(32-4)11-13-21)15-22(23)24(26-16)28(2)18-6-8-19(31-3)9-7-18/h5-15,27H,1-4H3. The van der Waals surface area contributed by atoms with Gasteiger partial charge in [-0.2, -0.15) is 0 Å². The van der Waals surface area contributed by atoms with E-state index < -0.39 is 10.0 Å². The number of nitrogens with zero attached hydrogens (tertiary/aromatic N) is 3. The summed E-state index contributed by atoms with van der Waals surface area (Å²) in [6.07, 6.45) is 0.